The van der Waals surface area contributed by atoms with Crippen molar-refractivity contribution in [3.8, 4) is 0 Å². The molecule has 1 aromatic rings. The molecule has 0 aliphatic carbocycles. The van der Waals surface area contributed by atoms with E-state index in [1.165, 1.54) is 18.4 Å². The van der Waals surface area contributed by atoms with Gasteiger partial charge in [0.1, 0.15) is 4.75 Å². The van der Waals surface area contributed by atoms with Crippen LogP contribution in [0.3, 0.4) is 0 Å². The predicted octanol–water partition coefficient (Wildman–Crippen LogP) is 2.98. The van der Waals surface area contributed by atoms with Gasteiger partial charge in [-0.2, -0.15) is 0 Å². The highest BCUT2D eigenvalue weighted by Crippen LogP contribution is 2.32. The van der Waals surface area contributed by atoms with Gasteiger partial charge in [-0.25, -0.2) is 4.31 Å². The standard InChI is InChI=1S/C15H20N4OS2/c1-15(2,22-19-8-5-9-19)14(20)18-21-11-13(16-3)12-6-4-7-17-10-12/h4,6-7,10-11H,3,5,8-9H2,1-2H3,(H,18,20)/b13-11-. The molecule has 5 nitrogen and oxygen atoms in total. The molecule has 0 spiro atoms. The molecule has 1 N–H and O–H groups in total. The van der Waals surface area contributed by atoms with Crippen molar-refractivity contribution < 1.29 is 4.79 Å². The van der Waals surface area contributed by atoms with Crippen molar-refractivity contribution in [2.75, 3.05) is 13.1 Å². The first-order valence-electron chi connectivity index (χ1n) is 7.00. The van der Waals surface area contributed by atoms with Crippen LogP contribution in [0, 0.1) is 0 Å². The largest absolute Gasteiger partial charge is 0.295 e. The van der Waals surface area contributed by atoms with Crippen LogP contribution < -0.4 is 4.72 Å². The van der Waals surface area contributed by atoms with Crippen molar-refractivity contribution in [3.63, 3.8) is 0 Å². The Labute approximate surface area is 139 Å². The van der Waals surface area contributed by atoms with Crippen LogP contribution in [0.15, 0.2) is 34.9 Å². The van der Waals surface area contributed by atoms with Crippen LogP contribution in [0.25, 0.3) is 5.70 Å². The summed E-state index contributed by atoms with van der Waals surface area (Å²) >= 11 is 2.81. The minimum Gasteiger partial charge on any atom is -0.295 e. The Morgan fingerprint density at radius 1 is 1.55 bits per heavy atom. The summed E-state index contributed by atoms with van der Waals surface area (Å²) in [6.45, 7) is 9.54. The molecular formula is C15H20N4OS2. The Morgan fingerprint density at radius 2 is 2.32 bits per heavy atom. The maximum absolute atomic E-state index is 12.3. The van der Waals surface area contributed by atoms with Gasteiger partial charge in [0.05, 0.1) is 5.70 Å². The summed E-state index contributed by atoms with van der Waals surface area (Å²) < 4.78 is 4.58. The van der Waals surface area contributed by atoms with E-state index in [4.69, 9.17) is 0 Å². The lowest BCUT2D eigenvalue weighted by Gasteiger charge is -2.35. The maximum atomic E-state index is 12.3. The van der Waals surface area contributed by atoms with Crippen molar-refractivity contribution in [1.82, 2.24) is 14.0 Å². The highest BCUT2D eigenvalue weighted by Gasteiger charge is 2.33. The summed E-state index contributed by atoms with van der Waals surface area (Å²) in [6, 6.07) is 3.74. The van der Waals surface area contributed by atoms with Gasteiger partial charge in [0.2, 0.25) is 5.91 Å². The monoisotopic (exact) mass is 336 g/mol. The van der Waals surface area contributed by atoms with Gasteiger partial charge in [-0.3, -0.25) is 19.5 Å². The normalized spacial score (nSPS) is 16.0. The number of rotatable bonds is 7. The van der Waals surface area contributed by atoms with E-state index in [9.17, 15) is 4.79 Å². The number of nitrogens with zero attached hydrogens (tertiary/aromatic N) is 3. The van der Waals surface area contributed by atoms with Crippen LogP contribution >= 0.6 is 23.9 Å². The van der Waals surface area contributed by atoms with Crippen molar-refractivity contribution in [2.24, 2.45) is 4.99 Å². The van der Waals surface area contributed by atoms with Gasteiger partial charge >= 0.3 is 0 Å². The van der Waals surface area contributed by atoms with Crippen LogP contribution in [0.4, 0.5) is 0 Å². The molecule has 2 rings (SSSR count). The van der Waals surface area contributed by atoms with Crippen LogP contribution in [0.1, 0.15) is 25.8 Å². The van der Waals surface area contributed by atoms with Gasteiger partial charge in [0.15, 0.2) is 0 Å². The molecule has 22 heavy (non-hydrogen) atoms. The van der Waals surface area contributed by atoms with Gasteiger partial charge in [-0.15, -0.1) is 0 Å². The molecule has 0 atom stereocenters. The lowest BCUT2D eigenvalue weighted by atomic mass is 10.2. The Balaban J connectivity index is 1.89. The molecule has 1 saturated heterocycles. The number of hydrogen-bond donors (Lipinski definition) is 1. The first kappa shape index (κ1) is 17.1. The van der Waals surface area contributed by atoms with E-state index in [1.54, 1.807) is 29.7 Å². The maximum Gasteiger partial charge on any atom is 0.247 e. The number of carbonyl (C=O) groups excluding carboxylic acids is 1. The molecule has 1 aliphatic heterocycles. The molecule has 0 saturated carbocycles. The molecule has 7 heteroatoms. The Bertz CT molecular complexity index is 556. The summed E-state index contributed by atoms with van der Waals surface area (Å²) in [5, 5.41) is 1.77. The molecule has 0 unspecified atom stereocenters. The van der Waals surface area contributed by atoms with Gasteiger partial charge < -0.3 is 0 Å². The quantitative estimate of drug-likeness (QED) is 0.613. The van der Waals surface area contributed by atoms with Crippen LogP contribution in [-0.4, -0.2) is 39.8 Å². The van der Waals surface area contributed by atoms with Gasteiger partial charge in [0.25, 0.3) is 0 Å². The predicted molar refractivity (Wildman–Crippen MR) is 95.4 cm³/mol. The van der Waals surface area contributed by atoms with E-state index in [1.807, 2.05) is 26.0 Å². The third kappa shape index (κ3) is 4.59. The van der Waals surface area contributed by atoms with Gasteiger partial charge in [0, 0.05) is 36.5 Å². The first-order valence-corrected chi connectivity index (χ1v) is 8.66. The average molecular weight is 336 g/mol. The minimum absolute atomic E-state index is 0.0137. The van der Waals surface area contributed by atoms with Gasteiger partial charge in [-0.05, 0) is 51.1 Å². The number of carbonyl (C=O) groups is 1. The smallest absolute Gasteiger partial charge is 0.247 e. The number of hydrogen-bond acceptors (Lipinski definition) is 6. The second-order valence-corrected chi connectivity index (χ2v) is 7.73. The van der Waals surface area contributed by atoms with E-state index in [2.05, 4.69) is 25.7 Å². The third-order valence-electron chi connectivity index (χ3n) is 3.17. The molecule has 1 fully saturated rings. The fraction of sp³-hybridized carbons (Fsp3) is 0.400. The second-order valence-electron chi connectivity index (χ2n) is 5.34. The molecule has 0 bridgehead atoms. The average Bonchev–Trinajstić information content (AvgIpc) is 2.48. The highest BCUT2D eigenvalue weighted by molar-refractivity contribution is 8.01. The van der Waals surface area contributed by atoms with Crippen molar-refractivity contribution >= 4 is 42.2 Å². The molecule has 0 aromatic carbocycles. The number of aliphatic imine (C=N–C) groups is 1. The highest BCUT2D eigenvalue weighted by atomic mass is 32.2. The van der Waals surface area contributed by atoms with Gasteiger partial charge in [-0.1, -0.05) is 11.9 Å². The zero-order valence-electron chi connectivity index (χ0n) is 12.8. The topological polar surface area (TPSA) is 57.6 Å². The summed E-state index contributed by atoms with van der Waals surface area (Å²) in [5.41, 5.74) is 1.56. The van der Waals surface area contributed by atoms with Crippen molar-refractivity contribution in [3.05, 3.63) is 35.5 Å². The van der Waals surface area contributed by atoms with Crippen LogP contribution in [-0.2, 0) is 4.79 Å². The van der Waals surface area contributed by atoms with Crippen LogP contribution in [0.2, 0.25) is 0 Å². The van der Waals surface area contributed by atoms with E-state index in [0.29, 0.717) is 5.70 Å². The van der Waals surface area contributed by atoms with E-state index in [0.717, 1.165) is 18.7 Å². The summed E-state index contributed by atoms with van der Waals surface area (Å²) in [5.74, 6) is -0.0137. The molecule has 1 aliphatic rings. The lowest BCUT2D eigenvalue weighted by molar-refractivity contribution is -0.120. The Hall–Kier alpha value is -1.31. The number of amides is 1. The fourth-order valence-electron chi connectivity index (χ4n) is 1.72. The van der Waals surface area contributed by atoms with Crippen LogP contribution in [0.5, 0.6) is 0 Å². The van der Waals surface area contributed by atoms with Crippen molar-refractivity contribution in [1.29, 1.82) is 0 Å². The molecule has 0 radical (unpaired) electrons. The molecule has 118 valence electrons. The summed E-state index contributed by atoms with van der Waals surface area (Å²) in [7, 11) is 0. The molecular weight excluding hydrogens is 316 g/mol. The lowest BCUT2D eigenvalue weighted by Crippen LogP contribution is -2.42. The van der Waals surface area contributed by atoms with E-state index in [-0.39, 0.29) is 5.91 Å². The van der Waals surface area contributed by atoms with E-state index >= 15 is 0 Å². The molecule has 2 heterocycles. The van der Waals surface area contributed by atoms with Crippen molar-refractivity contribution in [2.45, 2.75) is 25.0 Å². The molecule has 1 aromatic heterocycles. The third-order valence-corrected chi connectivity index (χ3v) is 5.08. The zero-order chi connectivity index (χ0) is 16.0. The Morgan fingerprint density at radius 3 is 2.86 bits per heavy atom. The molecule has 1 amide bonds. The summed E-state index contributed by atoms with van der Waals surface area (Å²) in [6.07, 6.45) is 4.63. The summed E-state index contributed by atoms with van der Waals surface area (Å²) in [4.78, 5) is 20.3. The first-order chi connectivity index (χ1) is 10.5. The fourth-order valence-corrected chi connectivity index (χ4v) is 3.74. The number of nitrogens with one attached hydrogen (secondary N) is 1. The Kier molecular flexibility index (Phi) is 6.05. The number of aromatic nitrogens is 1. The SMILES string of the molecule is C=N/C(=C\SNC(=O)C(C)(C)SN1CCC1)c1cccnc1. The number of pyridine rings is 1. The zero-order valence-corrected chi connectivity index (χ0v) is 14.4. The van der Waals surface area contributed by atoms with E-state index < -0.39 is 4.75 Å². The second kappa shape index (κ2) is 7.80. The minimum atomic E-state index is -0.489.